The van der Waals surface area contributed by atoms with E-state index in [-0.39, 0.29) is 23.7 Å². The highest BCUT2D eigenvalue weighted by atomic mass is 35.5. The third kappa shape index (κ3) is 3.98. The van der Waals surface area contributed by atoms with E-state index in [1.807, 2.05) is 18.2 Å². The van der Waals surface area contributed by atoms with Crippen LogP contribution in [0.15, 0.2) is 30.3 Å². The summed E-state index contributed by atoms with van der Waals surface area (Å²) < 4.78 is 0. The Kier molecular flexibility index (Phi) is 5.28. The van der Waals surface area contributed by atoms with Gasteiger partial charge in [0.2, 0.25) is 5.91 Å². The van der Waals surface area contributed by atoms with Crippen molar-refractivity contribution in [1.82, 2.24) is 5.32 Å². The summed E-state index contributed by atoms with van der Waals surface area (Å²) in [6, 6.07) is 11.0. The molecule has 1 aromatic carbocycles. The normalized spacial score (nSPS) is 26.5. The smallest absolute Gasteiger partial charge is 0.226 e. The first-order valence-corrected chi connectivity index (χ1v) is 7.78. The van der Waals surface area contributed by atoms with E-state index in [4.69, 9.17) is 5.73 Å². The van der Waals surface area contributed by atoms with Crippen molar-refractivity contribution in [1.29, 1.82) is 0 Å². The molecular weight excluding hydrogens is 284 g/mol. The first kappa shape index (κ1) is 16.3. The molecule has 2 aliphatic rings. The number of amides is 1. The summed E-state index contributed by atoms with van der Waals surface area (Å²) in [5.41, 5.74) is 7.06. The zero-order chi connectivity index (χ0) is 14.0. The van der Waals surface area contributed by atoms with Crippen LogP contribution < -0.4 is 11.1 Å². The molecule has 0 aliphatic heterocycles. The Hall–Kier alpha value is -1.06. The Labute approximate surface area is 133 Å². The number of nitrogens with one attached hydrogen (secondary N) is 1. The molecular formula is C17H25ClN2O. The largest absolute Gasteiger partial charge is 0.353 e. The van der Waals surface area contributed by atoms with Gasteiger partial charge in [0, 0.05) is 12.1 Å². The first-order valence-electron chi connectivity index (χ1n) is 7.78. The van der Waals surface area contributed by atoms with Gasteiger partial charge in [0.25, 0.3) is 0 Å². The highest BCUT2D eigenvalue weighted by molar-refractivity contribution is 5.86. The summed E-state index contributed by atoms with van der Waals surface area (Å²) in [6.45, 7) is 0. The van der Waals surface area contributed by atoms with Gasteiger partial charge in [-0.05, 0) is 50.5 Å². The lowest BCUT2D eigenvalue weighted by atomic mass is 9.90. The molecule has 0 aromatic heterocycles. The van der Waals surface area contributed by atoms with Gasteiger partial charge in [0.15, 0.2) is 0 Å². The average Bonchev–Trinajstić information content (AvgIpc) is 3.23. The second-order valence-corrected chi connectivity index (χ2v) is 6.53. The van der Waals surface area contributed by atoms with E-state index in [0.29, 0.717) is 12.1 Å². The molecule has 2 aliphatic carbocycles. The maximum Gasteiger partial charge on any atom is 0.226 e. The monoisotopic (exact) mass is 308 g/mol. The van der Waals surface area contributed by atoms with Gasteiger partial charge in [0.05, 0.1) is 5.41 Å². The third-order valence-corrected chi connectivity index (χ3v) is 4.83. The number of carbonyl (C=O) groups is 1. The van der Waals surface area contributed by atoms with Gasteiger partial charge in [0.1, 0.15) is 0 Å². The fourth-order valence-corrected chi connectivity index (χ4v) is 3.22. The van der Waals surface area contributed by atoms with Crippen molar-refractivity contribution < 1.29 is 4.79 Å². The van der Waals surface area contributed by atoms with Crippen LogP contribution in [0.25, 0.3) is 0 Å². The molecule has 2 saturated carbocycles. The Balaban J connectivity index is 0.00000161. The molecule has 116 valence electrons. The van der Waals surface area contributed by atoms with Gasteiger partial charge >= 0.3 is 0 Å². The Morgan fingerprint density at radius 2 is 1.76 bits per heavy atom. The van der Waals surface area contributed by atoms with Crippen molar-refractivity contribution in [3.05, 3.63) is 35.9 Å². The maximum absolute atomic E-state index is 12.5. The first-order chi connectivity index (χ1) is 9.68. The zero-order valence-electron chi connectivity index (χ0n) is 12.4. The molecule has 3 rings (SSSR count). The quantitative estimate of drug-likeness (QED) is 0.898. The zero-order valence-corrected chi connectivity index (χ0v) is 13.2. The molecule has 0 atom stereocenters. The van der Waals surface area contributed by atoms with E-state index < -0.39 is 0 Å². The van der Waals surface area contributed by atoms with Gasteiger partial charge in [-0.3, -0.25) is 4.79 Å². The summed E-state index contributed by atoms with van der Waals surface area (Å²) in [5.74, 6) is 0.266. The Morgan fingerprint density at radius 1 is 1.14 bits per heavy atom. The van der Waals surface area contributed by atoms with Crippen molar-refractivity contribution in [2.75, 3.05) is 0 Å². The van der Waals surface area contributed by atoms with Crippen LogP contribution in [0.4, 0.5) is 0 Å². The predicted molar refractivity (Wildman–Crippen MR) is 87.4 cm³/mol. The molecule has 0 spiro atoms. The fraction of sp³-hybridized carbons (Fsp3) is 0.588. The van der Waals surface area contributed by atoms with E-state index in [2.05, 4.69) is 17.4 Å². The fourth-order valence-electron chi connectivity index (χ4n) is 3.22. The lowest BCUT2D eigenvalue weighted by Gasteiger charge is -2.28. The molecule has 0 bridgehead atoms. The second kappa shape index (κ2) is 6.80. The van der Waals surface area contributed by atoms with Crippen LogP contribution in [-0.4, -0.2) is 18.0 Å². The topological polar surface area (TPSA) is 55.1 Å². The van der Waals surface area contributed by atoms with Crippen LogP contribution in [0.5, 0.6) is 0 Å². The number of halogens is 1. The highest BCUT2D eigenvalue weighted by Gasteiger charge is 2.49. The molecule has 21 heavy (non-hydrogen) atoms. The highest BCUT2D eigenvalue weighted by Crippen LogP contribution is 2.48. The summed E-state index contributed by atoms with van der Waals surface area (Å²) in [4.78, 5) is 12.5. The predicted octanol–water partition coefficient (Wildman–Crippen LogP) is 2.82. The molecule has 0 radical (unpaired) electrons. The van der Waals surface area contributed by atoms with Gasteiger partial charge < -0.3 is 11.1 Å². The van der Waals surface area contributed by atoms with Gasteiger partial charge in [-0.1, -0.05) is 30.3 Å². The standard InChI is InChI=1S/C17H24N2O.ClH/c18-14-6-8-15(9-7-14)19-16(20)17(10-11-17)12-13-4-2-1-3-5-13;/h1-5,14-15H,6-12,18H2,(H,19,20);1H. The summed E-state index contributed by atoms with van der Waals surface area (Å²) in [7, 11) is 0. The lowest BCUT2D eigenvalue weighted by molar-refractivity contribution is -0.127. The van der Waals surface area contributed by atoms with Crippen LogP contribution >= 0.6 is 12.4 Å². The van der Waals surface area contributed by atoms with Gasteiger partial charge in [-0.25, -0.2) is 0 Å². The van der Waals surface area contributed by atoms with Crippen molar-refractivity contribution in [2.24, 2.45) is 11.1 Å². The Bertz CT molecular complexity index is 465. The van der Waals surface area contributed by atoms with E-state index in [9.17, 15) is 4.79 Å². The minimum Gasteiger partial charge on any atom is -0.353 e. The number of rotatable bonds is 4. The third-order valence-electron chi connectivity index (χ3n) is 4.83. The molecule has 0 heterocycles. The number of benzene rings is 1. The summed E-state index contributed by atoms with van der Waals surface area (Å²) in [6.07, 6.45) is 7.09. The van der Waals surface area contributed by atoms with Gasteiger partial charge in [-0.15, -0.1) is 12.4 Å². The number of carbonyl (C=O) groups excluding carboxylic acids is 1. The minimum atomic E-state index is -0.124. The van der Waals surface area contributed by atoms with Crippen LogP contribution in [0.1, 0.15) is 44.1 Å². The lowest BCUT2D eigenvalue weighted by Crippen LogP contribution is -2.44. The number of hydrogen-bond acceptors (Lipinski definition) is 2. The van der Waals surface area contributed by atoms with Crippen molar-refractivity contribution in [3.8, 4) is 0 Å². The van der Waals surface area contributed by atoms with Crippen LogP contribution in [0.2, 0.25) is 0 Å². The van der Waals surface area contributed by atoms with Crippen molar-refractivity contribution >= 4 is 18.3 Å². The average molecular weight is 309 g/mol. The molecule has 3 N–H and O–H groups in total. The molecule has 1 aromatic rings. The summed E-state index contributed by atoms with van der Waals surface area (Å²) >= 11 is 0. The SMILES string of the molecule is Cl.NC1CCC(NC(=O)C2(Cc3ccccc3)CC2)CC1. The van der Waals surface area contributed by atoms with Crippen molar-refractivity contribution in [3.63, 3.8) is 0 Å². The molecule has 2 fully saturated rings. The number of nitrogens with two attached hydrogens (primary N) is 1. The number of hydrogen-bond donors (Lipinski definition) is 2. The minimum absolute atomic E-state index is 0. The van der Waals surface area contributed by atoms with Crippen LogP contribution in [-0.2, 0) is 11.2 Å². The Morgan fingerprint density at radius 3 is 2.33 bits per heavy atom. The van der Waals surface area contributed by atoms with E-state index in [1.165, 1.54) is 5.56 Å². The van der Waals surface area contributed by atoms with E-state index in [1.54, 1.807) is 0 Å². The molecule has 4 heteroatoms. The van der Waals surface area contributed by atoms with Crippen LogP contribution in [0.3, 0.4) is 0 Å². The van der Waals surface area contributed by atoms with Crippen LogP contribution in [0, 0.1) is 5.41 Å². The molecule has 0 saturated heterocycles. The molecule has 0 unspecified atom stereocenters. The van der Waals surface area contributed by atoms with E-state index in [0.717, 1.165) is 44.9 Å². The molecule has 1 amide bonds. The molecule has 3 nitrogen and oxygen atoms in total. The van der Waals surface area contributed by atoms with Crippen molar-refractivity contribution in [2.45, 2.75) is 57.0 Å². The van der Waals surface area contributed by atoms with E-state index >= 15 is 0 Å². The van der Waals surface area contributed by atoms with Gasteiger partial charge in [-0.2, -0.15) is 0 Å². The second-order valence-electron chi connectivity index (χ2n) is 6.53. The summed E-state index contributed by atoms with van der Waals surface area (Å²) in [5, 5.41) is 3.27. The maximum atomic E-state index is 12.5.